The summed E-state index contributed by atoms with van der Waals surface area (Å²) in [5.74, 6) is 1.43. The van der Waals surface area contributed by atoms with Crippen LogP contribution in [0.25, 0.3) is 11.1 Å². The molecule has 3 aromatic rings. The van der Waals surface area contributed by atoms with E-state index in [1.807, 2.05) is 26.0 Å². The molecule has 0 aliphatic rings. The first-order chi connectivity index (χ1) is 12.4. The molecule has 26 heavy (non-hydrogen) atoms. The molecule has 0 fully saturated rings. The highest BCUT2D eigenvalue weighted by molar-refractivity contribution is 7.89. The van der Waals surface area contributed by atoms with Crippen molar-refractivity contribution in [2.45, 2.75) is 25.3 Å². The number of ether oxygens (including phenoxy) is 1. The van der Waals surface area contributed by atoms with Crippen molar-refractivity contribution in [3.8, 4) is 16.9 Å². The summed E-state index contributed by atoms with van der Waals surface area (Å²) in [7, 11) is -2.01. The molecule has 0 amide bonds. The van der Waals surface area contributed by atoms with Gasteiger partial charge < -0.3 is 9.26 Å². The van der Waals surface area contributed by atoms with Crippen LogP contribution in [0.2, 0.25) is 0 Å². The number of methoxy groups -OCH3 is 1. The average Bonchev–Trinajstić information content (AvgIpc) is 2.99. The molecule has 1 N–H and O–H groups in total. The molecule has 0 radical (unpaired) electrons. The van der Waals surface area contributed by atoms with Crippen LogP contribution in [0.1, 0.15) is 17.0 Å². The van der Waals surface area contributed by atoms with Gasteiger partial charge in [0.05, 0.1) is 17.7 Å². The van der Waals surface area contributed by atoms with Crippen LogP contribution in [0.4, 0.5) is 0 Å². The van der Waals surface area contributed by atoms with Crippen molar-refractivity contribution in [1.82, 2.24) is 9.88 Å². The van der Waals surface area contributed by atoms with Crippen LogP contribution >= 0.6 is 0 Å². The Bertz CT molecular complexity index is 972. The smallest absolute Gasteiger partial charge is 0.240 e. The fourth-order valence-corrected chi connectivity index (χ4v) is 3.72. The highest BCUT2D eigenvalue weighted by Crippen LogP contribution is 2.27. The monoisotopic (exact) mass is 372 g/mol. The van der Waals surface area contributed by atoms with Gasteiger partial charge in [-0.15, -0.1) is 0 Å². The summed E-state index contributed by atoms with van der Waals surface area (Å²) in [6, 6.07) is 13.9. The minimum atomic E-state index is -3.60. The molecule has 0 aliphatic heterocycles. The van der Waals surface area contributed by atoms with Gasteiger partial charge >= 0.3 is 0 Å². The van der Waals surface area contributed by atoms with E-state index in [0.29, 0.717) is 5.76 Å². The first-order valence-corrected chi connectivity index (χ1v) is 9.55. The zero-order valence-corrected chi connectivity index (χ0v) is 15.6. The minimum absolute atomic E-state index is 0.206. The molecule has 0 saturated carbocycles. The fourth-order valence-electron chi connectivity index (χ4n) is 2.70. The summed E-state index contributed by atoms with van der Waals surface area (Å²) in [5.41, 5.74) is 3.38. The van der Waals surface area contributed by atoms with E-state index in [4.69, 9.17) is 9.26 Å². The van der Waals surface area contributed by atoms with Gasteiger partial charge in [0.1, 0.15) is 11.5 Å². The van der Waals surface area contributed by atoms with Crippen LogP contribution in [0.15, 0.2) is 57.9 Å². The van der Waals surface area contributed by atoms with E-state index in [0.717, 1.165) is 28.1 Å². The number of hydrogen-bond acceptors (Lipinski definition) is 5. The second-order valence-corrected chi connectivity index (χ2v) is 7.66. The average molecular weight is 372 g/mol. The summed E-state index contributed by atoms with van der Waals surface area (Å²) in [4.78, 5) is 0.210. The summed E-state index contributed by atoms with van der Waals surface area (Å²) < 4.78 is 37.8. The lowest BCUT2D eigenvalue weighted by molar-refractivity contribution is 0.393. The van der Waals surface area contributed by atoms with Crippen molar-refractivity contribution >= 4 is 10.0 Å². The predicted octanol–water partition coefficient (Wildman–Crippen LogP) is 3.45. The molecule has 6 nitrogen and oxygen atoms in total. The second-order valence-electron chi connectivity index (χ2n) is 5.90. The number of nitrogens with zero attached hydrogens (tertiary/aromatic N) is 1. The highest BCUT2D eigenvalue weighted by atomic mass is 32.2. The second kappa shape index (κ2) is 7.31. The Morgan fingerprint density at radius 3 is 2.23 bits per heavy atom. The maximum atomic E-state index is 12.5. The molecule has 136 valence electrons. The maximum Gasteiger partial charge on any atom is 0.240 e. The number of sulfonamides is 1. The maximum absolute atomic E-state index is 12.5. The van der Waals surface area contributed by atoms with Gasteiger partial charge in [0.25, 0.3) is 0 Å². The van der Waals surface area contributed by atoms with Crippen molar-refractivity contribution in [2.75, 3.05) is 7.11 Å². The number of benzene rings is 2. The first kappa shape index (κ1) is 18.2. The topological polar surface area (TPSA) is 81.4 Å². The standard InChI is InChI=1S/C19H20N2O4S/c1-13-19(14(2)25-21-13)16-6-10-18(11-7-16)26(22,23)20-12-15-4-8-17(24-3)9-5-15/h4-11,20H,12H2,1-3H3. The van der Waals surface area contributed by atoms with Crippen LogP contribution in [-0.4, -0.2) is 20.7 Å². The molecule has 3 rings (SSSR count). The quantitative estimate of drug-likeness (QED) is 0.717. The molecule has 7 heteroatoms. The Morgan fingerprint density at radius 1 is 1.04 bits per heavy atom. The van der Waals surface area contributed by atoms with Gasteiger partial charge in [-0.1, -0.05) is 29.4 Å². The van der Waals surface area contributed by atoms with E-state index in [1.165, 1.54) is 0 Å². The summed E-state index contributed by atoms with van der Waals surface area (Å²) in [5, 5.41) is 3.92. The summed E-state index contributed by atoms with van der Waals surface area (Å²) >= 11 is 0. The van der Waals surface area contributed by atoms with Gasteiger partial charge in [-0.05, 0) is 49.2 Å². The molecule has 0 atom stereocenters. The molecule has 0 spiro atoms. The SMILES string of the molecule is COc1ccc(CNS(=O)(=O)c2ccc(-c3c(C)noc3C)cc2)cc1. The summed E-state index contributed by atoms with van der Waals surface area (Å²) in [6.45, 7) is 3.89. The third-order valence-electron chi connectivity index (χ3n) is 4.11. The van der Waals surface area contributed by atoms with Gasteiger partial charge in [-0.3, -0.25) is 0 Å². The van der Waals surface area contributed by atoms with Crippen molar-refractivity contribution < 1.29 is 17.7 Å². The zero-order chi connectivity index (χ0) is 18.7. The third kappa shape index (κ3) is 3.79. The Balaban J connectivity index is 1.74. The van der Waals surface area contributed by atoms with Crippen LogP contribution in [0.5, 0.6) is 5.75 Å². The van der Waals surface area contributed by atoms with Gasteiger partial charge in [-0.2, -0.15) is 0 Å². The van der Waals surface area contributed by atoms with Crippen LogP contribution in [0.3, 0.4) is 0 Å². The molecular weight excluding hydrogens is 352 g/mol. The van der Waals surface area contributed by atoms with Gasteiger partial charge in [-0.25, -0.2) is 13.1 Å². The Labute approximate surface area is 152 Å². The fraction of sp³-hybridized carbons (Fsp3) is 0.211. The largest absolute Gasteiger partial charge is 0.497 e. The van der Waals surface area contributed by atoms with Crippen molar-refractivity contribution in [1.29, 1.82) is 0 Å². The lowest BCUT2D eigenvalue weighted by Gasteiger charge is -2.08. The van der Waals surface area contributed by atoms with Crippen molar-refractivity contribution in [2.24, 2.45) is 0 Å². The number of aryl methyl sites for hydroxylation is 2. The lowest BCUT2D eigenvalue weighted by Crippen LogP contribution is -2.23. The third-order valence-corrected chi connectivity index (χ3v) is 5.53. The minimum Gasteiger partial charge on any atom is -0.497 e. The molecule has 0 bridgehead atoms. The van der Waals surface area contributed by atoms with Crippen LogP contribution in [-0.2, 0) is 16.6 Å². The predicted molar refractivity (Wildman–Crippen MR) is 98.4 cm³/mol. The summed E-state index contributed by atoms with van der Waals surface area (Å²) in [6.07, 6.45) is 0. The van der Waals surface area contributed by atoms with Gasteiger partial charge in [0.15, 0.2) is 0 Å². The molecule has 0 aliphatic carbocycles. The number of rotatable bonds is 6. The van der Waals surface area contributed by atoms with E-state index < -0.39 is 10.0 Å². The molecular formula is C19H20N2O4S. The Morgan fingerprint density at radius 2 is 1.69 bits per heavy atom. The van der Waals surface area contributed by atoms with E-state index in [1.54, 1.807) is 43.5 Å². The van der Waals surface area contributed by atoms with Gasteiger partial charge in [0.2, 0.25) is 10.0 Å². The zero-order valence-electron chi connectivity index (χ0n) is 14.8. The first-order valence-electron chi connectivity index (χ1n) is 8.06. The Hall–Kier alpha value is -2.64. The van der Waals surface area contributed by atoms with E-state index >= 15 is 0 Å². The van der Waals surface area contributed by atoms with Crippen molar-refractivity contribution in [3.63, 3.8) is 0 Å². The molecule has 0 saturated heterocycles. The van der Waals surface area contributed by atoms with Gasteiger partial charge in [0, 0.05) is 12.1 Å². The molecule has 1 aromatic heterocycles. The number of aromatic nitrogens is 1. The molecule has 1 heterocycles. The highest BCUT2D eigenvalue weighted by Gasteiger charge is 2.16. The van der Waals surface area contributed by atoms with Crippen LogP contribution in [0, 0.1) is 13.8 Å². The van der Waals surface area contributed by atoms with Crippen LogP contribution < -0.4 is 9.46 Å². The Kier molecular flexibility index (Phi) is 5.11. The lowest BCUT2D eigenvalue weighted by atomic mass is 10.0. The molecule has 0 unspecified atom stereocenters. The normalized spacial score (nSPS) is 11.5. The number of hydrogen-bond donors (Lipinski definition) is 1. The number of nitrogens with one attached hydrogen (secondary N) is 1. The van der Waals surface area contributed by atoms with Crippen molar-refractivity contribution in [3.05, 3.63) is 65.5 Å². The molecule has 2 aromatic carbocycles. The van der Waals surface area contributed by atoms with E-state index in [9.17, 15) is 8.42 Å². The van der Waals surface area contributed by atoms with E-state index in [-0.39, 0.29) is 11.4 Å². The van der Waals surface area contributed by atoms with E-state index in [2.05, 4.69) is 9.88 Å².